The lowest BCUT2D eigenvalue weighted by Gasteiger charge is -2.15. The van der Waals surface area contributed by atoms with Gasteiger partial charge in [-0.15, -0.1) is 0 Å². The normalized spacial score (nSPS) is 15.4. The Bertz CT molecular complexity index is 1590. The monoisotopic (exact) mass is 475 g/mol. The number of aromatic amines is 2. The number of allylic oxidation sites excluding steroid dienone is 3. The molecule has 0 aliphatic carbocycles. The Kier molecular flexibility index (Phi) is 5.87. The number of furan rings is 1. The van der Waals surface area contributed by atoms with Crippen LogP contribution in [-0.4, -0.2) is 44.7 Å². The van der Waals surface area contributed by atoms with Gasteiger partial charge in [-0.2, -0.15) is 5.10 Å². The van der Waals surface area contributed by atoms with Crippen LogP contribution < -0.4 is 0 Å². The first-order valence-electron chi connectivity index (χ1n) is 12.5. The van der Waals surface area contributed by atoms with Crippen molar-refractivity contribution in [1.29, 1.82) is 0 Å². The van der Waals surface area contributed by atoms with E-state index in [4.69, 9.17) is 9.40 Å². The van der Waals surface area contributed by atoms with Crippen molar-refractivity contribution in [2.24, 2.45) is 0 Å². The van der Waals surface area contributed by atoms with Gasteiger partial charge >= 0.3 is 0 Å². The van der Waals surface area contributed by atoms with E-state index >= 15 is 0 Å². The molecule has 4 heterocycles. The quantitative estimate of drug-likeness (QED) is 0.249. The standard InChI is InChI=1S/C30H29N5O/c1-3-20(18-35-13-5-6-14-35)16-21(4-2)22-10-11-26-25(17-22)29(34-33-26)30-31-27-9-7-8-24(28(27)32-30)23-12-15-36-19-23/h3-4,7-12,15-17,19H,1,5-6,13-14,18H2,2H3,(H,31,32)(H,33,34)/b20-16+,21-4+. The number of para-hydroxylation sites is 1. The largest absolute Gasteiger partial charge is 0.472 e. The van der Waals surface area contributed by atoms with Crippen LogP contribution in [0.4, 0.5) is 0 Å². The number of benzene rings is 2. The van der Waals surface area contributed by atoms with Gasteiger partial charge in [0.25, 0.3) is 0 Å². The molecule has 2 N–H and O–H groups in total. The Morgan fingerprint density at radius 1 is 1.14 bits per heavy atom. The summed E-state index contributed by atoms with van der Waals surface area (Å²) in [4.78, 5) is 10.9. The lowest BCUT2D eigenvalue weighted by atomic mass is 10.00. The van der Waals surface area contributed by atoms with Crippen LogP contribution in [-0.2, 0) is 0 Å². The molecule has 1 fully saturated rings. The lowest BCUT2D eigenvalue weighted by Crippen LogP contribution is -2.21. The lowest BCUT2D eigenvalue weighted by molar-refractivity contribution is 0.371. The van der Waals surface area contributed by atoms with E-state index < -0.39 is 0 Å². The summed E-state index contributed by atoms with van der Waals surface area (Å²) in [6.07, 6.45) is 12.4. The van der Waals surface area contributed by atoms with Gasteiger partial charge in [-0.05, 0) is 73.8 Å². The molecule has 1 saturated heterocycles. The molecule has 0 bridgehead atoms. The minimum Gasteiger partial charge on any atom is -0.472 e. The highest BCUT2D eigenvalue weighted by Gasteiger charge is 2.17. The first-order chi connectivity index (χ1) is 17.7. The molecule has 1 aliphatic heterocycles. The number of fused-ring (bicyclic) bond motifs is 2. The maximum atomic E-state index is 5.30. The second kappa shape index (κ2) is 9.47. The molecule has 3 aromatic heterocycles. The SMILES string of the molecule is C=C/C(=C\C(=C/C)c1ccc2[nH]nc(-c3nc4c(-c5ccoc5)cccc4[nH]3)c2c1)CN1CCCC1. The molecule has 0 amide bonds. The summed E-state index contributed by atoms with van der Waals surface area (Å²) in [5.41, 5.74) is 9.23. The van der Waals surface area contributed by atoms with Crippen molar-refractivity contribution in [3.63, 3.8) is 0 Å². The fourth-order valence-corrected chi connectivity index (χ4v) is 5.07. The Hall–Kier alpha value is -4.16. The van der Waals surface area contributed by atoms with E-state index in [0.717, 1.165) is 56.7 Å². The smallest absolute Gasteiger partial charge is 0.159 e. The number of hydrogen-bond acceptors (Lipinski definition) is 4. The van der Waals surface area contributed by atoms with Crippen molar-refractivity contribution in [1.82, 2.24) is 25.1 Å². The summed E-state index contributed by atoms with van der Waals surface area (Å²) in [6, 6.07) is 14.5. The van der Waals surface area contributed by atoms with Crippen LogP contribution in [0.1, 0.15) is 25.3 Å². The maximum absolute atomic E-state index is 5.30. The number of aromatic nitrogens is 4. The molecule has 6 nitrogen and oxygen atoms in total. The van der Waals surface area contributed by atoms with Crippen LogP contribution in [0, 0.1) is 0 Å². The second-order valence-corrected chi connectivity index (χ2v) is 9.28. The summed E-state index contributed by atoms with van der Waals surface area (Å²) in [5, 5.41) is 8.84. The van der Waals surface area contributed by atoms with Crippen molar-refractivity contribution < 1.29 is 4.42 Å². The molecular weight excluding hydrogens is 446 g/mol. The van der Waals surface area contributed by atoms with E-state index in [1.54, 1.807) is 12.5 Å². The van der Waals surface area contributed by atoms with Crippen molar-refractivity contribution in [3.05, 3.63) is 90.9 Å². The Morgan fingerprint density at radius 3 is 2.81 bits per heavy atom. The van der Waals surface area contributed by atoms with Gasteiger partial charge in [-0.25, -0.2) is 4.98 Å². The van der Waals surface area contributed by atoms with Crippen LogP contribution in [0.25, 0.3) is 50.2 Å². The molecule has 0 saturated carbocycles. The van der Waals surface area contributed by atoms with Crippen LogP contribution in [0.5, 0.6) is 0 Å². The first-order valence-corrected chi connectivity index (χ1v) is 12.5. The summed E-state index contributed by atoms with van der Waals surface area (Å²) >= 11 is 0. The average Bonchev–Trinajstić information content (AvgIpc) is 3.72. The third-order valence-corrected chi connectivity index (χ3v) is 6.98. The van der Waals surface area contributed by atoms with Crippen molar-refractivity contribution in [2.45, 2.75) is 19.8 Å². The number of likely N-dealkylation sites (tertiary alicyclic amines) is 1. The highest BCUT2D eigenvalue weighted by Crippen LogP contribution is 2.33. The minimum atomic E-state index is 0.739. The van der Waals surface area contributed by atoms with Gasteiger partial charge in [0.1, 0.15) is 5.69 Å². The summed E-state index contributed by atoms with van der Waals surface area (Å²) in [6.45, 7) is 9.43. The molecule has 36 heavy (non-hydrogen) atoms. The summed E-state index contributed by atoms with van der Waals surface area (Å²) in [5.74, 6) is 0.739. The van der Waals surface area contributed by atoms with Crippen LogP contribution in [0.15, 0.2) is 89.8 Å². The molecule has 180 valence electrons. The number of H-pyrrole nitrogens is 2. The van der Waals surface area contributed by atoms with Crippen molar-refractivity contribution in [2.75, 3.05) is 19.6 Å². The molecule has 5 aromatic rings. The fourth-order valence-electron chi connectivity index (χ4n) is 5.07. The van der Waals surface area contributed by atoms with Gasteiger partial charge in [0.05, 0.1) is 29.1 Å². The van der Waals surface area contributed by atoms with E-state index in [1.165, 1.54) is 37.1 Å². The third-order valence-electron chi connectivity index (χ3n) is 6.98. The van der Waals surface area contributed by atoms with Gasteiger partial charge < -0.3 is 9.40 Å². The van der Waals surface area contributed by atoms with Crippen molar-refractivity contribution >= 4 is 27.5 Å². The molecule has 2 aromatic carbocycles. The van der Waals surface area contributed by atoms with Crippen LogP contribution >= 0.6 is 0 Å². The molecular formula is C30H29N5O. The topological polar surface area (TPSA) is 73.7 Å². The predicted octanol–water partition coefficient (Wildman–Crippen LogP) is 6.98. The molecule has 0 unspecified atom stereocenters. The number of nitrogens with one attached hydrogen (secondary N) is 2. The minimum absolute atomic E-state index is 0.739. The van der Waals surface area contributed by atoms with Gasteiger partial charge in [0.15, 0.2) is 5.82 Å². The van der Waals surface area contributed by atoms with E-state index in [0.29, 0.717) is 0 Å². The molecule has 0 atom stereocenters. The fraction of sp³-hybridized carbons (Fsp3) is 0.200. The average molecular weight is 476 g/mol. The molecule has 6 rings (SSSR count). The van der Waals surface area contributed by atoms with Gasteiger partial charge in [0.2, 0.25) is 0 Å². The summed E-state index contributed by atoms with van der Waals surface area (Å²) < 4.78 is 5.30. The second-order valence-electron chi connectivity index (χ2n) is 9.28. The summed E-state index contributed by atoms with van der Waals surface area (Å²) in [7, 11) is 0. The third kappa shape index (κ3) is 4.10. The highest BCUT2D eigenvalue weighted by atomic mass is 16.3. The Labute approximate surface area is 210 Å². The molecule has 0 radical (unpaired) electrons. The number of rotatable bonds is 7. The van der Waals surface area contributed by atoms with E-state index in [-0.39, 0.29) is 0 Å². The van der Waals surface area contributed by atoms with Crippen LogP contribution in [0.3, 0.4) is 0 Å². The Morgan fingerprint density at radius 2 is 2.03 bits per heavy atom. The zero-order valence-corrected chi connectivity index (χ0v) is 20.4. The van der Waals surface area contributed by atoms with Gasteiger partial charge in [0, 0.05) is 23.1 Å². The van der Waals surface area contributed by atoms with E-state index in [1.807, 2.05) is 24.3 Å². The Balaban J connectivity index is 1.38. The number of hydrogen-bond donors (Lipinski definition) is 2. The van der Waals surface area contributed by atoms with Gasteiger partial charge in [-0.1, -0.05) is 43.0 Å². The van der Waals surface area contributed by atoms with Crippen LogP contribution in [0.2, 0.25) is 0 Å². The van der Waals surface area contributed by atoms with Crippen molar-refractivity contribution in [3.8, 4) is 22.6 Å². The van der Waals surface area contributed by atoms with E-state index in [2.05, 4.69) is 70.0 Å². The highest BCUT2D eigenvalue weighted by molar-refractivity contribution is 5.98. The number of imidazole rings is 1. The van der Waals surface area contributed by atoms with Gasteiger partial charge in [-0.3, -0.25) is 10.00 Å². The zero-order valence-electron chi connectivity index (χ0n) is 20.4. The molecule has 6 heteroatoms. The molecule has 0 spiro atoms. The zero-order chi connectivity index (χ0) is 24.5. The predicted molar refractivity (Wildman–Crippen MR) is 146 cm³/mol. The maximum Gasteiger partial charge on any atom is 0.159 e. The number of nitrogens with zero attached hydrogens (tertiary/aromatic N) is 3. The first kappa shape index (κ1) is 22.3. The van der Waals surface area contributed by atoms with E-state index in [9.17, 15) is 0 Å². The molecule has 1 aliphatic rings.